The fourth-order valence-corrected chi connectivity index (χ4v) is 4.58. The molecule has 116 valence electrons. The molecule has 0 bridgehead atoms. The highest BCUT2D eigenvalue weighted by Crippen LogP contribution is 2.33. The Morgan fingerprint density at radius 2 is 1.90 bits per heavy atom. The molecule has 0 spiro atoms. The van der Waals surface area contributed by atoms with Crippen LogP contribution in [0, 0.1) is 11.6 Å². The van der Waals surface area contributed by atoms with E-state index in [9.17, 15) is 8.78 Å². The van der Waals surface area contributed by atoms with E-state index >= 15 is 0 Å². The third kappa shape index (κ3) is 3.41. The predicted octanol–water partition coefficient (Wildman–Crippen LogP) is 3.20. The summed E-state index contributed by atoms with van der Waals surface area (Å²) in [4.78, 5) is 2.24. The van der Waals surface area contributed by atoms with E-state index in [1.54, 1.807) is 6.07 Å². The van der Waals surface area contributed by atoms with Crippen molar-refractivity contribution in [2.45, 2.75) is 37.4 Å². The second kappa shape index (κ2) is 6.63. The Morgan fingerprint density at radius 3 is 2.62 bits per heavy atom. The maximum absolute atomic E-state index is 13.5. The summed E-state index contributed by atoms with van der Waals surface area (Å²) < 4.78 is 26.7. The Hall–Kier alpha value is -0.650. The van der Waals surface area contributed by atoms with Crippen LogP contribution in [0.4, 0.5) is 8.78 Å². The molecule has 2 saturated heterocycles. The van der Waals surface area contributed by atoms with Crippen molar-refractivity contribution in [1.29, 1.82) is 0 Å². The lowest BCUT2D eigenvalue weighted by Gasteiger charge is -2.31. The van der Waals surface area contributed by atoms with Gasteiger partial charge in [0.15, 0.2) is 11.6 Å². The Labute approximate surface area is 129 Å². The minimum atomic E-state index is -0.770. The fourth-order valence-electron chi connectivity index (χ4n) is 3.47. The highest BCUT2D eigenvalue weighted by Gasteiger charge is 2.34. The van der Waals surface area contributed by atoms with Crippen molar-refractivity contribution in [3.63, 3.8) is 0 Å². The van der Waals surface area contributed by atoms with Gasteiger partial charge in [-0.15, -0.1) is 0 Å². The van der Waals surface area contributed by atoms with Crippen LogP contribution in [-0.4, -0.2) is 42.1 Å². The van der Waals surface area contributed by atoms with Gasteiger partial charge >= 0.3 is 0 Å². The van der Waals surface area contributed by atoms with Crippen molar-refractivity contribution < 1.29 is 8.78 Å². The summed E-state index contributed by atoms with van der Waals surface area (Å²) in [6, 6.07) is 5.34. The maximum Gasteiger partial charge on any atom is 0.159 e. The smallest absolute Gasteiger partial charge is 0.159 e. The molecule has 2 aliphatic heterocycles. The molecule has 0 radical (unpaired) electrons. The van der Waals surface area contributed by atoms with Gasteiger partial charge in [-0.05, 0) is 55.5 Å². The van der Waals surface area contributed by atoms with Crippen LogP contribution < -0.4 is 5.32 Å². The van der Waals surface area contributed by atoms with Crippen LogP contribution in [0.1, 0.15) is 30.9 Å². The first-order chi connectivity index (χ1) is 10.1. The summed E-state index contributed by atoms with van der Waals surface area (Å²) in [7, 11) is 2.06. The molecular weight excluding hydrogens is 290 g/mol. The van der Waals surface area contributed by atoms with E-state index in [0.29, 0.717) is 12.1 Å². The van der Waals surface area contributed by atoms with E-state index in [1.807, 2.05) is 11.8 Å². The highest BCUT2D eigenvalue weighted by molar-refractivity contribution is 7.99. The van der Waals surface area contributed by atoms with Crippen LogP contribution in [-0.2, 0) is 0 Å². The quantitative estimate of drug-likeness (QED) is 0.923. The van der Waals surface area contributed by atoms with Crippen LogP contribution in [0.3, 0.4) is 0 Å². The molecule has 0 aromatic heterocycles. The van der Waals surface area contributed by atoms with E-state index in [0.717, 1.165) is 18.5 Å². The lowest BCUT2D eigenvalue weighted by atomic mass is 9.98. The Morgan fingerprint density at radius 1 is 1.14 bits per heavy atom. The Balaban J connectivity index is 1.75. The minimum absolute atomic E-state index is 0.134. The average Bonchev–Trinajstić information content (AvgIpc) is 2.84. The third-order valence-electron chi connectivity index (χ3n) is 4.61. The lowest BCUT2D eigenvalue weighted by Crippen LogP contribution is -2.43. The van der Waals surface area contributed by atoms with Crippen molar-refractivity contribution in [2.75, 3.05) is 25.1 Å². The second-order valence-electron chi connectivity index (χ2n) is 6.05. The lowest BCUT2D eigenvalue weighted by molar-refractivity contribution is 0.271. The van der Waals surface area contributed by atoms with Crippen LogP contribution >= 0.6 is 11.8 Å². The molecule has 21 heavy (non-hydrogen) atoms. The molecule has 0 aliphatic carbocycles. The van der Waals surface area contributed by atoms with Gasteiger partial charge in [0.1, 0.15) is 0 Å². The number of rotatable bonds is 3. The molecular formula is C16H22F2N2S. The molecule has 2 heterocycles. The zero-order chi connectivity index (χ0) is 14.8. The maximum atomic E-state index is 13.5. The first-order valence-electron chi connectivity index (χ1n) is 7.64. The number of benzene rings is 1. The molecule has 5 heteroatoms. The Bertz CT molecular complexity index is 491. The fraction of sp³-hybridized carbons (Fsp3) is 0.625. The summed E-state index contributed by atoms with van der Waals surface area (Å²) in [5, 5.41) is 3.76. The molecule has 0 saturated carbocycles. The predicted molar refractivity (Wildman–Crippen MR) is 83.6 cm³/mol. The van der Waals surface area contributed by atoms with Gasteiger partial charge in [0.25, 0.3) is 0 Å². The number of thioether (sulfide) groups is 1. The monoisotopic (exact) mass is 312 g/mol. The zero-order valence-corrected chi connectivity index (χ0v) is 13.1. The van der Waals surface area contributed by atoms with Crippen LogP contribution in [0.5, 0.6) is 0 Å². The average molecular weight is 312 g/mol. The van der Waals surface area contributed by atoms with Gasteiger partial charge in [-0.1, -0.05) is 6.07 Å². The number of likely N-dealkylation sites (tertiary alicyclic amines) is 1. The summed E-state index contributed by atoms with van der Waals surface area (Å²) in [6.07, 6.45) is 3.47. The molecule has 1 aromatic rings. The molecule has 0 amide bonds. The molecule has 2 atom stereocenters. The largest absolute Gasteiger partial charge is 0.309 e. The molecule has 2 aliphatic rings. The summed E-state index contributed by atoms with van der Waals surface area (Å²) >= 11 is 2.02. The van der Waals surface area contributed by atoms with E-state index in [2.05, 4.69) is 17.3 Å². The summed E-state index contributed by atoms with van der Waals surface area (Å²) in [5.74, 6) is 0.917. The molecule has 2 fully saturated rings. The van der Waals surface area contributed by atoms with E-state index in [1.165, 1.54) is 36.5 Å². The number of hydrogen-bond acceptors (Lipinski definition) is 3. The van der Waals surface area contributed by atoms with E-state index in [-0.39, 0.29) is 6.04 Å². The van der Waals surface area contributed by atoms with Crippen molar-refractivity contribution in [1.82, 2.24) is 10.2 Å². The number of halogens is 2. The van der Waals surface area contributed by atoms with Crippen molar-refractivity contribution in [3.05, 3.63) is 35.4 Å². The molecule has 3 rings (SSSR count). The Kier molecular flexibility index (Phi) is 4.82. The van der Waals surface area contributed by atoms with Gasteiger partial charge in [-0.2, -0.15) is 11.8 Å². The zero-order valence-electron chi connectivity index (χ0n) is 12.3. The van der Waals surface area contributed by atoms with Crippen LogP contribution in [0.2, 0.25) is 0 Å². The SMILES string of the molecule is CN1CC[C@@H](NC2CCSCC2)[C@@H]1c1ccc(F)c(F)c1. The van der Waals surface area contributed by atoms with Gasteiger partial charge in [0.05, 0.1) is 0 Å². The normalized spacial score (nSPS) is 28.1. The number of likely N-dealkylation sites (N-methyl/N-ethyl adjacent to an activating group) is 1. The highest BCUT2D eigenvalue weighted by atomic mass is 32.2. The number of hydrogen-bond donors (Lipinski definition) is 1. The van der Waals surface area contributed by atoms with Crippen LogP contribution in [0.15, 0.2) is 18.2 Å². The van der Waals surface area contributed by atoms with Gasteiger partial charge in [-0.25, -0.2) is 8.78 Å². The number of nitrogens with one attached hydrogen (secondary N) is 1. The van der Waals surface area contributed by atoms with Crippen molar-refractivity contribution in [3.8, 4) is 0 Å². The van der Waals surface area contributed by atoms with Gasteiger partial charge in [0.2, 0.25) is 0 Å². The third-order valence-corrected chi connectivity index (χ3v) is 5.65. The standard InChI is InChI=1S/C16H22F2N2S/c1-20-7-4-15(19-12-5-8-21-9-6-12)16(20)11-2-3-13(17)14(18)10-11/h2-3,10,12,15-16,19H,4-9H2,1H3/t15-,16+/m1/s1. The van der Waals surface area contributed by atoms with Gasteiger partial charge in [-0.3, -0.25) is 4.90 Å². The summed E-state index contributed by atoms with van der Waals surface area (Å²) in [6.45, 7) is 0.989. The van der Waals surface area contributed by atoms with E-state index < -0.39 is 11.6 Å². The molecule has 1 N–H and O–H groups in total. The topological polar surface area (TPSA) is 15.3 Å². The van der Waals surface area contributed by atoms with Gasteiger partial charge in [0, 0.05) is 24.7 Å². The first kappa shape index (κ1) is 15.3. The van der Waals surface area contributed by atoms with Gasteiger partial charge < -0.3 is 5.32 Å². The van der Waals surface area contributed by atoms with Crippen molar-refractivity contribution in [2.24, 2.45) is 0 Å². The number of nitrogens with zero attached hydrogens (tertiary/aromatic N) is 1. The minimum Gasteiger partial charge on any atom is -0.309 e. The second-order valence-corrected chi connectivity index (χ2v) is 7.27. The summed E-state index contributed by atoms with van der Waals surface area (Å²) in [5.41, 5.74) is 0.872. The first-order valence-corrected chi connectivity index (χ1v) is 8.79. The van der Waals surface area contributed by atoms with Crippen LogP contribution in [0.25, 0.3) is 0 Å². The van der Waals surface area contributed by atoms with Crippen molar-refractivity contribution >= 4 is 11.8 Å². The molecule has 1 aromatic carbocycles. The van der Waals surface area contributed by atoms with E-state index in [4.69, 9.17) is 0 Å². The molecule has 0 unspecified atom stereocenters. The molecule has 2 nitrogen and oxygen atoms in total.